The van der Waals surface area contributed by atoms with Crippen molar-refractivity contribution in [1.82, 2.24) is 9.97 Å². The molecular formula is C11H9Cl2N3O. The molecule has 6 heteroatoms. The van der Waals surface area contributed by atoms with Crippen molar-refractivity contribution in [3.05, 3.63) is 40.6 Å². The average molecular weight is 270 g/mol. The molecule has 0 aliphatic carbocycles. The van der Waals surface area contributed by atoms with E-state index in [1.54, 1.807) is 31.4 Å². The molecule has 0 unspecified atom stereocenters. The van der Waals surface area contributed by atoms with Crippen LogP contribution in [0.25, 0.3) is 0 Å². The third-order valence-corrected chi connectivity index (χ3v) is 2.51. The van der Waals surface area contributed by atoms with Gasteiger partial charge in [0.1, 0.15) is 11.6 Å². The summed E-state index contributed by atoms with van der Waals surface area (Å²) in [4.78, 5) is 8.14. The van der Waals surface area contributed by atoms with E-state index in [0.717, 1.165) is 0 Å². The van der Waals surface area contributed by atoms with Gasteiger partial charge in [-0.1, -0.05) is 23.2 Å². The molecule has 17 heavy (non-hydrogen) atoms. The van der Waals surface area contributed by atoms with Gasteiger partial charge in [0.05, 0.1) is 17.4 Å². The highest BCUT2D eigenvalue weighted by Crippen LogP contribution is 2.30. The number of halogens is 2. The molecule has 0 amide bonds. The van der Waals surface area contributed by atoms with E-state index in [1.165, 1.54) is 6.20 Å². The van der Waals surface area contributed by atoms with Crippen LogP contribution < -0.4 is 10.1 Å². The van der Waals surface area contributed by atoms with Crippen molar-refractivity contribution in [3.63, 3.8) is 0 Å². The summed E-state index contributed by atoms with van der Waals surface area (Å²) in [6, 6.07) is 4.98. The van der Waals surface area contributed by atoms with E-state index in [0.29, 0.717) is 27.5 Å². The topological polar surface area (TPSA) is 47.0 Å². The largest absolute Gasteiger partial charge is 0.436 e. The third kappa shape index (κ3) is 2.99. The van der Waals surface area contributed by atoms with Gasteiger partial charge in [-0.2, -0.15) is 4.98 Å². The number of nitrogens with one attached hydrogen (secondary N) is 1. The van der Waals surface area contributed by atoms with E-state index in [-0.39, 0.29) is 0 Å². The van der Waals surface area contributed by atoms with Crippen LogP contribution in [0.3, 0.4) is 0 Å². The van der Waals surface area contributed by atoms with Gasteiger partial charge >= 0.3 is 0 Å². The number of hydrogen-bond acceptors (Lipinski definition) is 4. The van der Waals surface area contributed by atoms with Crippen molar-refractivity contribution < 1.29 is 4.74 Å². The van der Waals surface area contributed by atoms with Gasteiger partial charge in [0, 0.05) is 12.1 Å². The molecule has 2 aromatic rings. The highest BCUT2D eigenvalue weighted by atomic mass is 35.5. The minimum Gasteiger partial charge on any atom is -0.436 e. The lowest BCUT2D eigenvalue weighted by molar-refractivity contribution is 0.461. The molecule has 88 valence electrons. The number of hydrogen-bond donors (Lipinski definition) is 1. The summed E-state index contributed by atoms with van der Waals surface area (Å²) in [6.07, 6.45) is 3.10. The number of benzene rings is 1. The number of ether oxygens (including phenoxy) is 1. The number of nitrogens with zero attached hydrogens (tertiary/aromatic N) is 2. The number of aromatic nitrogens is 2. The highest BCUT2D eigenvalue weighted by Gasteiger charge is 2.05. The lowest BCUT2D eigenvalue weighted by Crippen LogP contribution is -1.96. The molecule has 1 aromatic heterocycles. The summed E-state index contributed by atoms with van der Waals surface area (Å²) in [5.41, 5.74) is 0. The summed E-state index contributed by atoms with van der Waals surface area (Å²) in [5.74, 6) is 1.47. The van der Waals surface area contributed by atoms with Gasteiger partial charge in [-0.25, -0.2) is 0 Å². The van der Waals surface area contributed by atoms with Crippen molar-refractivity contribution in [2.45, 2.75) is 0 Å². The van der Waals surface area contributed by atoms with Gasteiger partial charge in [-0.05, 0) is 18.2 Å². The molecule has 1 N–H and O–H groups in total. The third-order valence-electron chi connectivity index (χ3n) is 1.98. The standard InChI is InChI=1S/C11H9Cl2N3O/c1-14-10-5-15-6-11(16-10)17-9-3-2-7(12)4-8(9)13/h2-6H,1H3,(H,14,16). The monoisotopic (exact) mass is 269 g/mol. The molecule has 0 aliphatic rings. The molecule has 0 spiro atoms. The van der Waals surface area contributed by atoms with Crippen molar-refractivity contribution in [3.8, 4) is 11.6 Å². The SMILES string of the molecule is CNc1cncc(Oc2ccc(Cl)cc2Cl)n1. The Balaban J connectivity index is 2.25. The lowest BCUT2D eigenvalue weighted by Gasteiger charge is -2.07. The Labute approximate surface area is 109 Å². The van der Waals surface area contributed by atoms with Crippen LogP contribution in [0.5, 0.6) is 11.6 Å². The summed E-state index contributed by atoms with van der Waals surface area (Å²) in [5, 5.41) is 3.85. The Bertz CT molecular complexity index is 534. The molecule has 0 fully saturated rings. The zero-order valence-electron chi connectivity index (χ0n) is 8.95. The first-order chi connectivity index (χ1) is 8.19. The summed E-state index contributed by atoms with van der Waals surface area (Å²) in [7, 11) is 1.75. The number of rotatable bonds is 3. The number of anilines is 1. The molecule has 0 bridgehead atoms. The van der Waals surface area contributed by atoms with E-state index in [4.69, 9.17) is 27.9 Å². The fourth-order valence-electron chi connectivity index (χ4n) is 1.19. The average Bonchev–Trinajstić information content (AvgIpc) is 2.33. The van der Waals surface area contributed by atoms with Crippen LogP contribution in [0, 0.1) is 0 Å². The normalized spacial score (nSPS) is 10.1. The molecule has 0 saturated carbocycles. The van der Waals surface area contributed by atoms with E-state index in [9.17, 15) is 0 Å². The molecule has 1 heterocycles. The fraction of sp³-hybridized carbons (Fsp3) is 0.0909. The summed E-state index contributed by atoms with van der Waals surface area (Å²) >= 11 is 11.8. The maximum absolute atomic E-state index is 5.98. The van der Waals surface area contributed by atoms with Crippen molar-refractivity contribution in [2.75, 3.05) is 12.4 Å². The van der Waals surface area contributed by atoms with Crippen LogP contribution in [-0.2, 0) is 0 Å². The maximum atomic E-state index is 5.98. The molecule has 0 radical (unpaired) electrons. The Morgan fingerprint density at radius 1 is 1.24 bits per heavy atom. The van der Waals surface area contributed by atoms with Crippen LogP contribution >= 0.6 is 23.2 Å². The first-order valence-corrected chi connectivity index (χ1v) is 5.57. The Hall–Kier alpha value is -1.52. The van der Waals surface area contributed by atoms with E-state index >= 15 is 0 Å². The second-order valence-electron chi connectivity index (χ2n) is 3.17. The van der Waals surface area contributed by atoms with Gasteiger partial charge < -0.3 is 10.1 Å². The van der Waals surface area contributed by atoms with Crippen molar-refractivity contribution in [1.29, 1.82) is 0 Å². The van der Waals surface area contributed by atoms with E-state index in [1.807, 2.05) is 0 Å². The zero-order chi connectivity index (χ0) is 12.3. The van der Waals surface area contributed by atoms with Gasteiger partial charge in [0.25, 0.3) is 0 Å². The predicted octanol–water partition coefficient (Wildman–Crippen LogP) is 3.62. The van der Waals surface area contributed by atoms with Gasteiger partial charge in [0.2, 0.25) is 5.88 Å². The van der Waals surface area contributed by atoms with E-state index in [2.05, 4.69) is 15.3 Å². The van der Waals surface area contributed by atoms with Crippen LogP contribution in [-0.4, -0.2) is 17.0 Å². The maximum Gasteiger partial charge on any atom is 0.239 e. The Morgan fingerprint density at radius 3 is 2.76 bits per heavy atom. The second kappa shape index (κ2) is 5.21. The Kier molecular flexibility index (Phi) is 3.66. The van der Waals surface area contributed by atoms with Crippen LogP contribution in [0.4, 0.5) is 5.82 Å². The van der Waals surface area contributed by atoms with Crippen LogP contribution in [0.1, 0.15) is 0 Å². The summed E-state index contributed by atoms with van der Waals surface area (Å²) in [6.45, 7) is 0. The van der Waals surface area contributed by atoms with Crippen LogP contribution in [0.2, 0.25) is 10.0 Å². The molecular weight excluding hydrogens is 261 g/mol. The second-order valence-corrected chi connectivity index (χ2v) is 4.01. The molecule has 4 nitrogen and oxygen atoms in total. The molecule has 0 aliphatic heterocycles. The quantitative estimate of drug-likeness (QED) is 0.925. The molecule has 1 aromatic carbocycles. The van der Waals surface area contributed by atoms with Crippen molar-refractivity contribution >= 4 is 29.0 Å². The highest BCUT2D eigenvalue weighted by molar-refractivity contribution is 6.35. The van der Waals surface area contributed by atoms with Crippen molar-refractivity contribution in [2.24, 2.45) is 0 Å². The van der Waals surface area contributed by atoms with E-state index < -0.39 is 0 Å². The first-order valence-electron chi connectivity index (χ1n) is 4.82. The fourth-order valence-corrected chi connectivity index (χ4v) is 1.64. The minimum atomic E-state index is 0.362. The lowest BCUT2D eigenvalue weighted by atomic mass is 10.3. The molecule has 0 atom stereocenters. The molecule has 2 rings (SSSR count). The van der Waals surface area contributed by atoms with Crippen LogP contribution in [0.15, 0.2) is 30.6 Å². The van der Waals surface area contributed by atoms with Gasteiger partial charge in [0.15, 0.2) is 0 Å². The predicted molar refractivity (Wildman–Crippen MR) is 68.1 cm³/mol. The minimum absolute atomic E-state index is 0.362. The zero-order valence-corrected chi connectivity index (χ0v) is 10.5. The van der Waals surface area contributed by atoms with Gasteiger partial charge in [-0.3, -0.25) is 4.98 Å². The Morgan fingerprint density at radius 2 is 2.06 bits per heavy atom. The summed E-state index contributed by atoms with van der Waals surface area (Å²) < 4.78 is 5.50. The molecule has 0 saturated heterocycles. The first kappa shape index (κ1) is 12.0. The van der Waals surface area contributed by atoms with Gasteiger partial charge in [-0.15, -0.1) is 0 Å². The smallest absolute Gasteiger partial charge is 0.239 e.